The van der Waals surface area contributed by atoms with Crippen LogP contribution in [-0.2, 0) is 0 Å². The van der Waals surface area contributed by atoms with Crippen LogP contribution >= 0.6 is 22.6 Å². The Morgan fingerprint density at radius 3 is 2.50 bits per heavy atom. The molecule has 0 aliphatic heterocycles. The Hall–Kier alpha value is 0.0700. The first-order valence-electron chi connectivity index (χ1n) is 1.50. The van der Waals surface area contributed by atoms with E-state index in [-0.39, 0.29) is 0 Å². The monoisotopic (exact) mass is 196 g/mol. The van der Waals surface area contributed by atoms with E-state index in [1.165, 1.54) is 0 Å². The van der Waals surface area contributed by atoms with Crippen molar-refractivity contribution in [3.8, 4) is 0 Å². The predicted molar refractivity (Wildman–Crippen MR) is 35.9 cm³/mol. The van der Waals surface area contributed by atoms with Crippen molar-refractivity contribution in [2.75, 3.05) is 0 Å². The zero-order valence-corrected chi connectivity index (χ0v) is 5.56. The number of rotatable bonds is 0. The smallest absolute Gasteiger partial charge is 0.182 e. The second kappa shape index (κ2) is 3.27. The average Bonchev–Trinajstić information content (AvgIpc) is 1.35. The van der Waals surface area contributed by atoms with E-state index in [9.17, 15) is 0 Å². The van der Waals surface area contributed by atoms with Gasteiger partial charge in [-0.2, -0.15) is 0 Å². The number of nitrogens with one attached hydrogen (secondary N) is 1. The van der Waals surface area contributed by atoms with Crippen LogP contribution in [0, 0.1) is 5.41 Å². The molecule has 0 atom stereocenters. The fourth-order valence-corrected chi connectivity index (χ4v) is 0.392. The fourth-order valence-electron chi connectivity index (χ4n) is 0.113. The van der Waals surface area contributed by atoms with Crippen molar-refractivity contribution in [3.63, 3.8) is 0 Å². The van der Waals surface area contributed by atoms with Gasteiger partial charge in [-0.3, -0.25) is 5.41 Å². The molecule has 0 saturated heterocycles. The molecule has 0 radical (unpaired) electrons. The van der Waals surface area contributed by atoms with E-state index in [4.69, 9.17) is 5.41 Å². The van der Waals surface area contributed by atoms with Crippen LogP contribution in [0.25, 0.3) is 0 Å². The first-order valence-corrected chi connectivity index (χ1v) is 2.58. The van der Waals surface area contributed by atoms with Crippen molar-refractivity contribution in [2.45, 2.75) is 6.92 Å². The molecular formula is C3H5IN2. The lowest BCUT2D eigenvalue weighted by atomic mass is 10.9. The molecule has 0 aromatic carbocycles. The summed E-state index contributed by atoms with van der Waals surface area (Å²) in [7, 11) is 0. The van der Waals surface area contributed by atoms with E-state index in [1.54, 1.807) is 13.1 Å². The second-order valence-corrected chi connectivity index (χ2v) is 1.70. The summed E-state index contributed by atoms with van der Waals surface area (Å²) in [5.41, 5.74) is 0. The number of hydrogen-bond acceptors (Lipinski definition) is 1. The first-order chi connectivity index (χ1) is 2.77. The summed E-state index contributed by atoms with van der Waals surface area (Å²) >= 11 is 1.83. The lowest BCUT2D eigenvalue weighted by Gasteiger charge is -1.71. The summed E-state index contributed by atoms with van der Waals surface area (Å²) in [5, 5.41) is 6.68. The van der Waals surface area contributed by atoms with Gasteiger partial charge in [0.2, 0.25) is 0 Å². The van der Waals surface area contributed by atoms with Gasteiger partial charge >= 0.3 is 0 Å². The predicted octanol–water partition coefficient (Wildman–Crippen LogP) is 1.45. The van der Waals surface area contributed by atoms with Gasteiger partial charge in [-0.1, -0.05) is 0 Å². The molecule has 0 heterocycles. The third kappa shape index (κ3) is 4.07. The highest BCUT2D eigenvalue weighted by Gasteiger charge is 1.70. The molecule has 0 bridgehead atoms. The molecule has 0 aromatic heterocycles. The average molecular weight is 196 g/mol. The van der Waals surface area contributed by atoms with Gasteiger partial charge in [-0.25, -0.2) is 4.99 Å². The maximum absolute atomic E-state index is 6.68. The molecule has 0 aromatic rings. The number of halogens is 1. The van der Waals surface area contributed by atoms with Gasteiger partial charge in [-0.05, 0) is 6.92 Å². The molecule has 0 aliphatic carbocycles. The Labute approximate surface area is 50.3 Å². The summed E-state index contributed by atoms with van der Waals surface area (Å²) in [6.07, 6.45) is 1.59. The first kappa shape index (κ1) is 6.07. The number of hydrogen-bond donors (Lipinski definition) is 1. The van der Waals surface area contributed by atoms with Crippen molar-refractivity contribution < 1.29 is 0 Å². The summed E-state index contributed by atoms with van der Waals surface area (Å²) in [6, 6.07) is 0. The molecule has 0 spiro atoms. The Kier molecular flexibility index (Phi) is 3.31. The van der Waals surface area contributed by atoms with Crippen molar-refractivity contribution in [2.24, 2.45) is 4.99 Å². The van der Waals surface area contributed by atoms with Crippen LogP contribution in [0.1, 0.15) is 6.92 Å². The van der Waals surface area contributed by atoms with Crippen LogP contribution in [0.5, 0.6) is 0 Å². The maximum atomic E-state index is 6.68. The van der Waals surface area contributed by atoms with Crippen LogP contribution in [-0.4, -0.2) is 10.1 Å². The summed E-state index contributed by atoms with van der Waals surface area (Å²) in [5.74, 6) is 0. The fraction of sp³-hybridized carbons (Fsp3) is 0.333. The highest BCUT2D eigenvalue weighted by atomic mass is 127. The minimum Gasteiger partial charge on any atom is -0.277 e. The molecule has 0 unspecified atom stereocenters. The summed E-state index contributed by atoms with van der Waals surface area (Å²) in [6.45, 7) is 1.78. The van der Waals surface area contributed by atoms with Crippen molar-refractivity contribution in [3.05, 3.63) is 0 Å². The van der Waals surface area contributed by atoms with Crippen molar-refractivity contribution >= 4 is 32.6 Å². The molecular weight excluding hydrogens is 191 g/mol. The Balaban J connectivity index is 3.30. The Morgan fingerprint density at radius 2 is 2.50 bits per heavy atom. The molecule has 2 nitrogen and oxygen atoms in total. The van der Waals surface area contributed by atoms with Gasteiger partial charge in [-0.15, -0.1) is 0 Å². The molecule has 1 N–H and O–H groups in total. The lowest BCUT2D eigenvalue weighted by Crippen LogP contribution is -1.70. The number of nitrogens with zero attached hydrogens (tertiary/aromatic N) is 1. The zero-order valence-electron chi connectivity index (χ0n) is 3.40. The normalized spacial score (nSPS) is 9.67. The van der Waals surface area contributed by atoms with Gasteiger partial charge in [0.15, 0.2) is 3.84 Å². The van der Waals surface area contributed by atoms with E-state index in [2.05, 4.69) is 4.99 Å². The highest BCUT2D eigenvalue weighted by molar-refractivity contribution is 14.1. The largest absolute Gasteiger partial charge is 0.277 e. The van der Waals surface area contributed by atoms with E-state index < -0.39 is 0 Å². The van der Waals surface area contributed by atoms with E-state index in [0.29, 0.717) is 3.84 Å². The third-order valence-corrected chi connectivity index (χ3v) is 0.521. The highest BCUT2D eigenvalue weighted by Crippen LogP contribution is 1.83. The SMILES string of the molecule is CC=NC(=N)I. The van der Waals surface area contributed by atoms with Gasteiger partial charge < -0.3 is 0 Å². The second-order valence-electron chi connectivity index (χ2n) is 0.678. The molecule has 0 fully saturated rings. The van der Waals surface area contributed by atoms with Crippen molar-refractivity contribution in [1.29, 1.82) is 5.41 Å². The third-order valence-electron chi connectivity index (χ3n) is 0.242. The molecule has 0 amide bonds. The Bertz CT molecular complexity index is 76.9. The maximum Gasteiger partial charge on any atom is 0.182 e. The molecule has 3 heteroatoms. The minimum absolute atomic E-state index is 0.329. The summed E-state index contributed by atoms with van der Waals surface area (Å²) < 4.78 is 0.329. The topological polar surface area (TPSA) is 36.2 Å². The van der Waals surface area contributed by atoms with E-state index in [0.717, 1.165) is 0 Å². The molecule has 0 rings (SSSR count). The van der Waals surface area contributed by atoms with Crippen LogP contribution in [0.3, 0.4) is 0 Å². The van der Waals surface area contributed by atoms with E-state index >= 15 is 0 Å². The number of amidine groups is 1. The summed E-state index contributed by atoms with van der Waals surface area (Å²) in [4.78, 5) is 3.57. The van der Waals surface area contributed by atoms with Gasteiger partial charge in [0, 0.05) is 28.8 Å². The van der Waals surface area contributed by atoms with Crippen LogP contribution in [0.15, 0.2) is 4.99 Å². The molecule has 34 valence electrons. The number of aliphatic imine (C=N–C) groups is 1. The molecule has 6 heavy (non-hydrogen) atoms. The zero-order chi connectivity index (χ0) is 4.99. The molecule has 0 aliphatic rings. The van der Waals surface area contributed by atoms with Gasteiger partial charge in [0.1, 0.15) is 0 Å². The van der Waals surface area contributed by atoms with Crippen LogP contribution in [0.4, 0.5) is 0 Å². The standard InChI is InChI=1S/C3H5IN2/c1-2-6-3(4)5/h2,5H,1H3. The lowest BCUT2D eigenvalue weighted by molar-refractivity contribution is 1.51. The van der Waals surface area contributed by atoms with E-state index in [1.807, 2.05) is 22.6 Å². The quantitative estimate of drug-likeness (QED) is 0.263. The van der Waals surface area contributed by atoms with Gasteiger partial charge in [0.25, 0.3) is 0 Å². The van der Waals surface area contributed by atoms with Crippen LogP contribution in [0.2, 0.25) is 0 Å². The Morgan fingerprint density at radius 1 is 2.00 bits per heavy atom. The van der Waals surface area contributed by atoms with Crippen molar-refractivity contribution in [1.82, 2.24) is 0 Å². The van der Waals surface area contributed by atoms with Gasteiger partial charge in [0.05, 0.1) is 0 Å². The molecule has 0 saturated carbocycles. The minimum atomic E-state index is 0.329. The van der Waals surface area contributed by atoms with Crippen LogP contribution < -0.4 is 0 Å².